The lowest BCUT2D eigenvalue weighted by Crippen LogP contribution is -2.30. The second-order valence-corrected chi connectivity index (χ2v) is 9.77. The number of halogens is 4. The summed E-state index contributed by atoms with van der Waals surface area (Å²) in [6.45, 7) is 0. The number of hydrogen-bond acceptors (Lipinski definition) is 3. The molecule has 33 heavy (non-hydrogen) atoms. The Labute approximate surface area is 213 Å². The van der Waals surface area contributed by atoms with Crippen LogP contribution in [0.4, 0.5) is 0 Å². The van der Waals surface area contributed by atoms with E-state index in [-0.39, 0.29) is 21.2 Å². The van der Waals surface area contributed by atoms with Crippen LogP contribution in [0.3, 0.4) is 0 Å². The van der Waals surface area contributed by atoms with E-state index in [1.165, 1.54) is 7.11 Å². The summed E-state index contributed by atoms with van der Waals surface area (Å²) in [5, 5.41) is 1.46. The van der Waals surface area contributed by atoms with Crippen molar-refractivity contribution >= 4 is 52.4 Å². The van der Waals surface area contributed by atoms with Gasteiger partial charge in [0.1, 0.15) is 0 Å². The van der Waals surface area contributed by atoms with Gasteiger partial charge in [-0.2, -0.15) is 0 Å². The number of carbonyl (C=O) groups excluding carboxylic acids is 1. The molecule has 1 saturated carbocycles. The number of methoxy groups -OCH3 is 1. The zero-order chi connectivity index (χ0) is 23.6. The average molecular weight is 524 g/mol. The molecular weight excluding hydrogens is 502 g/mol. The number of esters is 1. The second kappa shape index (κ2) is 10.1. The van der Waals surface area contributed by atoms with Crippen molar-refractivity contribution in [2.75, 3.05) is 7.11 Å². The van der Waals surface area contributed by atoms with Crippen LogP contribution >= 0.6 is 46.4 Å². The van der Waals surface area contributed by atoms with Crippen LogP contribution in [0.1, 0.15) is 53.6 Å². The van der Waals surface area contributed by atoms with E-state index in [2.05, 4.69) is 0 Å². The SMILES string of the molecule is COc1c(Cl)cc(C2(c3cc(Cl)c(OC(=O)c4ccccc4)c(Cl)c3)CCCCC2)cc1Cl. The minimum absolute atomic E-state index is 0.146. The van der Waals surface area contributed by atoms with E-state index in [1.807, 2.05) is 30.3 Å². The molecule has 7 heteroatoms. The molecule has 0 saturated heterocycles. The first-order chi connectivity index (χ1) is 15.9. The van der Waals surface area contributed by atoms with Gasteiger partial charge in [0.25, 0.3) is 0 Å². The lowest BCUT2D eigenvalue weighted by Gasteiger charge is -2.39. The smallest absolute Gasteiger partial charge is 0.343 e. The van der Waals surface area contributed by atoms with Gasteiger partial charge in [0, 0.05) is 5.41 Å². The number of ether oxygens (including phenoxy) is 2. The van der Waals surface area contributed by atoms with Gasteiger partial charge < -0.3 is 9.47 Å². The van der Waals surface area contributed by atoms with Gasteiger partial charge in [-0.25, -0.2) is 4.79 Å². The molecule has 0 aromatic heterocycles. The van der Waals surface area contributed by atoms with Crippen LogP contribution in [0.25, 0.3) is 0 Å². The molecule has 0 radical (unpaired) electrons. The van der Waals surface area contributed by atoms with Crippen molar-refractivity contribution in [3.05, 3.63) is 91.4 Å². The number of benzene rings is 3. The van der Waals surface area contributed by atoms with E-state index in [0.29, 0.717) is 21.4 Å². The molecule has 1 aliphatic rings. The van der Waals surface area contributed by atoms with Crippen LogP contribution in [0.2, 0.25) is 20.1 Å². The van der Waals surface area contributed by atoms with Crippen LogP contribution in [-0.2, 0) is 5.41 Å². The highest BCUT2D eigenvalue weighted by Gasteiger charge is 2.38. The largest absolute Gasteiger partial charge is 0.494 e. The first-order valence-corrected chi connectivity index (χ1v) is 12.2. The van der Waals surface area contributed by atoms with Crippen molar-refractivity contribution in [2.24, 2.45) is 0 Å². The second-order valence-electron chi connectivity index (χ2n) is 8.14. The third kappa shape index (κ3) is 4.83. The topological polar surface area (TPSA) is 35.5 Å². The summed E-state index contributed by atoms with van der Waals surface area (Å²) in [6, 6.07) is 16.2. The molecule has 0 spiro atoms. The maximum atomic E-state index is 12.5. The average Bonchev–Trinajstić information content (AvgIpc) is 2.82. The number of carbonyl (C=O) groups is 1. The zero-order valence-electron chi connectivity index (χ0n) is 18.0. The fourth-order valence-electron chi connectivity index (χ4n) is 4.59. The highest BCUT2D eigenvalue weighted by Crippen LogP contribution is 2.50. The van der Waals surface area contributed by atoms with Gasteiger partial charge in [0.2, 0.25) is 0 Å². The maximum Gasteiger partial charge on any atom is 0.343 e. The van der Waals surface area contributed by atoms with Gasteiger partial charge in [-0.1, -0.05) is 83.9 Å². The van der Waals surface area contributed by atoms with E-state index in [0.717, 1.165) is 43.2 Å². The maximum absolute atomic E-state index is 12.5. The van der Waals surface area contributed by atoms with Crippen LogP contribution in [0.15, 0.2) is 54.6 Å². The lowest BCUT2D eigenvalue weighted by molar-refractivity contribution is 0.0735. The lowest BCUT2D eigenvalue weighted by atomic mass is 9.65. The molecule has 0 heterocycles. The predicted octanol–water partition coefficient (Wildman–Crippen LogP) is 8.78. The zero-order valence-corrected chi connectivity index (χ0v) is 21.0. The van der Waals surface area contributed by atoms with Crippen molar-refractivity contribution in [2.45, 2.75) is 37.5 Å². The molecule has 0 amide bonds. The Hall–Kier alpha value is -1.91. The van der Waals surface area contributed by atoms with Crippen molar-refractivity contribution in [3.8, 4) is 11.5 Å². The molecule has 4 rings (SSSR count). The number of rotatable bonds is 5. The molecule has 0 atom stereocenters. The van der Waals surface area contributed by atoms with Gasteiger partial charge in [0.15, 0.2) is 11.5 Å². The molecular formula is C26H22Cl4O3. The Morgan fingerprint density at radius 3 is 1.73 bits per heavy atom. The predicted molar refractivity (Wildman–Crippen MR) is 135 cm³/mol. The monoisotopic (exact) mass is 522 g/mol. The van der Waals surface area contributed by atoms with Crippen molar-refractivity contribution in [1.82, 2.24) is 0 Å². The summed E-state index contributed by atoms with van der Waals surface area (Å²) < 4.78 is 10.9. The summed E-state index contributed by atoms with van der Waals surface area (Å²) in [5.41, 5.74) is 1.97. The van der Waals surface area contributed by atoms with Gasteiger partial charge in [-0.15, -0.1) is 0 Å². The summed E-state index contributed by atoms with van der Waals surface area (Å²) >= 11 is 26.2. The molecule has 3 aromatic rings. The molecule has 0 aliphatic heterocycles. The fourth-order valence-corrected chi connectivity index (χ4v) is 5.80. The first kappa shape index (κ1) is 24.2. The summed E-state index contributed by atoms with van der Waals surface area (Å²) in [4.78, 5) is 12.5. The highest BCUT2D eigenvalue weighted by atomic mass is 35.5. The summed E-state index contributed by atoms with van der Waals surface area (Å²) in [6.07, 6.45) is 5.01. The minimum Gasteiger partial charge on any atom is -0.494 e. The van der Waals surface area contributed by atoms with Gasteiger partial charge in [0.05, 0.1) is 32.8 Å². The van der Waals surface area contributed by atoms with E-state index in [9.17, 15) is 4.79 Å². The van der Waals surface area contributed by atoms with Crippen LogP contribution in [-0.4, -0.2) is 13.1 Å². The van der Waals surface area contributed by atoms with E-state index in [4.69, 9.17) is 55.9 Å². The standard InChI is InChI=1S/C26H22Cl4O3/c1-32-23-19(27)12-17(13-20(23)28)26(10-6-3-7-11-26)18-14-21(29)24(22(30)15-18)33-25(31)16-8-4-2-5-9-16/h2,4-5,8-9,12-15H,3,6-7,10-11H2,1H3. The van der Waals surface area contributed by atoms with Crippen LogP contribution in [0, 0.1) is 0 Å². The van der Waals surface area contributed by atoms with E-state index < -0.39 is 5.97 Å². The molecule has 3 nitrogen and oxygen atoms in total. The molecule has 3 aromatic carbocycles. The molecule has 1 fully saturated rings. The quantitative estimate of drug-likeness (QED) is 0.247. The van der Waals surface area contributed by atoms with Gasteiger partial charge >= 0.3 is 5.97 Å². The van der Waals surface area contributed by atoms with Crippen molar-refractivity contribution in [3.63, 3.8) is 0 Å². The highest BCUT2D eigenvalue weighted by molar-refractivity contribution is 6.38. The Bertz CT molecular complexity index is 1130. The third-order valence-electron chi connectivity index (χ3n) is 6.22. The normalized spacial score (nSPS) is 15.2. The van der Waals surface area contributed by atoms with E-state index in [1.54, 1.807) is 24.3 Å². The van der Waals surface area contributed by atoms with Crippen LogP contribution in [0.5, 0.6) is 11.5 Å². The third-order valence-corrected chi connectivity index (χ3v) is 7.34. The Kier molecular flexibility index (Phi) is 7.45. The molecule has 172 valence electrons. The minimum atomic E-state index is -0.520. The first-order valence-electron chi connectivity index (χ1n) is 10.7. The number of hydrogen-bond donors (Lipinski definition) is 0. The Morgan fingerprint density at radius 1 is 0.758 bits per heavy atom. The van der Waals surface area contributed by atoms with Gasteiger partial charge in [-0.05, 0) is 60.4 Å². The molecule has 0 bridgehead atoms. The van der Waals surface area contributed by atoms with Gasteiger partial charge in [-0.3, -0.25) is 0 Å². The Morgan fingerprint density at radius 2 is 1.24 bits per heavy atom. The van der Waals surface area contributed by atoms with Crippen LogP contribution < -0.4 is 9.47 Å². The molecule has 0 unspecified atom stereocenters. The van der Waals surface area contributed by atoms with Crippen molar-refractivity contribution < 1.29 is 14.3 Å². The molecule has 1 aliphatic carbocycles. The summed E-state index contributed by atoms with van der Waals surface area (Å²) in [7, 11) is 1.54. The van der Waals surface area contributed by atoms with Crippen molar-refractivity contribution in [1.29, 1.82) is 0 Å². The Balaban J connectivity index is 1.76. The van der Waals surface area contributed by atoms with E-state index >= 15 is 0 Å². The fraction of sp³-hybridized carbons (Fsp3) is 0.269. The molecule has 0 N–H and O–H groups in total. The summed E-state index contributed by atoms with van der Waals surface area (Å²) in [5.74, 6) is 0.0771.